The number of hydrogen-bond acceptors (Lipinski definition) is 29. The average Bonchev–Trinajstić information content (AvgIpc) is 1.62. The molecule has 10 atom stereocenters. The molecule has 8 amide bonds. The molecule has 0 aromatic carbocycles. The molecule has 8 aromatic heterocycles. The number of carbonyl (C=O) groups is 8. The van der Waals surface area contributed by atoms with Crippen molar-refractivity contribution in [1.29, 1.82) is 0 Å². The van der Waals surface area contributed by atoms with Crippen molar-refractivity contribution in [1.82, 2.24) is 80.7 Å². The summed E-state index contributed by atoms with van der Waals surface area (Å²) in [6, 6.07) is 5.28. The zero-order chi connectivity index (χ0) is 103. The van der Waals surface area contributed by atoms with Crippen LogP contribution in [-0.2, 0) is 9.84 Å². The van der Waals surface area contributed by atoms with E-state index in [0.29, 0.717) is 91.5 Å². The van der Waals surface area contributed by atoms with E-state index in [4.69, 9.17) is 0 Å². The van der Waals surface area contributed by atoms with Crippen molar-refractivity contribution in [2.45, 2.75) is 323 Å². The SMILES string of the molecule is CC[C@@H](C)Nc1cc(C)c(-c2sc(C(=O)NC3CCS(=O)(=O)CC3)nc2C(=O)N2CC(F)(F)C[C@@H]2C)cn1.CC[C@@H](C)Nc1cc(C)c(-c2sc(C(=O)N[C@@H]3CC[C@@H](O)C3)nc2C(=O)N2CC(F)(F)C[C@@H]2C)cn1.CC[C@@H](C)Nc1cc(C)c(-c2sc(C(=O)N[C@H](C)CO)nc2C(=O)N2CC(F)(F)C[C@@H]2C)cn1.Cc1cc(NC(C)(C)C)ncc1-c1sc(C(=O)N[C@H](C)CO)nc1C(=O)N1C2CCC1CC2. The Balaban J connectivity index is 0.000000168. The lowest BCUT2D eigenvalue weighted by Gasteiger charge is -2.22. The number of thiazole rings is 4. The number of anilines is 4. The maximum Gasteiger partial charge on any atom is 0.280 e. The number of aliphatic hydroxyl groups is 3. The third-order valence-corrected chi connectivity index (χ3v) is 32.1. The number of likely N-dealkylation sites (tertiary alicyclic amines) is 3. The highest BCUT2D eigenvalue weighted by Gasteiger charge is 2.51. The van der Waals surface area contributed by atoms with Crippen LogP contribution in [0.4, 0.5) is 49.6 Å². The summed E-state index contributed by atoms with van der Waals surface area (Å²) in [4.78, 5) is 148. The molecule has 6 saturated heterocycles. The predicted molar refractivity (Wildman–Crippen MR) is 535 cm³/mol. The van der Waals surface area contributed by atoms with Crippen LogP contribution in [0.1, 0.15) is 297 Å². The van der Waals surface area contributed by atoms with Gasteiger partial charge in [-0.25, -0.2) is 74.6 Å². The number of amides is 8. The van der Waals surface area contributed by atoms with Gasteiger partial charge in [0.1, 0.15) is 55.9 Å². The normalized spacial score (nSPS) is 21.5. The number of nitrogens with zero attached hydrogens (tertiary/aromatic N) is 12. The molecule has 768 valence electrons. The number of aryl methyl sites for hydroxylation is 4. The van der Waals surface area contributed by atoms with Crippen LogP contribution in [0.2, 0.25) is 0 Å². The van der Waals surface area contributed by atoms with Gasteiger partial charge in [-0.1, -0.05) is 20.8 Å². The molecule has 8 aromatic rings. The fourth-order valence-corrected chi connectivity index (χ4v) is 23.4. The summed E-state index contributed by atoms with van der Waals surface area (Å²) < 4.78 is 108. The highest BCUT2D eigenvalue weighted by atomic mass is 32.2. The smallest absolute Gasteiger partial charge is 0.280 e. The fraction of sp³-hybridized carbons (Fsp3) is 0.588. The molecule has 0 unspecified atom stereocenters. The van der Waals surface area contributed by atoms with E-state index in [1.165, 1.54) is 11.3 Å². The molecule has 0 spiro atoms. The van der Waals surface area contributed by atoms with E-state index < -0.39 is 138 Å². The largest absolute Gasteiger partial charge is 0.394 e. The van der Waals surface area contributed by atoms with E-state index in [0.717, 1.165) is 127 Å². The lowest BCUT2D eigenvalue weighted by molar-refractivity contribution is 0.0115. The molecule has 1 aliphatic carbocycles. The molecule has 1 saturated carbocycles. The first-order valence-corrected chi connectivity index (χ1v) is 53.1. The van der Waals surface area contributed by atoms with Crippen molar-refractivity contribution < 1.29 is 88.4 Å². The summed E-state index contributed by atoms with van der Waals surface area (Å²) in [5.74, 6) is -10.1. The van der Waals surface area contributed by atoms with Crippen molar-refractivity contribution in [3.05, 3.63) is 114 Å². The molecule has 7 fully saturated rings. The molecule has 0 radical (unpaired) electrons. The number of halogens is 6. The van der Waals surface area contributed by atoms with Gasteiger partial charge in [-0.05, 0) is 227 Å². The second-order valence-corrected chi connectivity index (χ2v) is 45.7. The predicted octanol–water partition coefficient (Wildman–Crippen LogP) is 15.4. The summed E-state index contributed by atoms with van der Waals surface area (Å²) in [6.07, 6.45) is 14.1. The number of rotatable bonds is 28. The first-order valence-electron chi connectivity index (χ1n) is 48.0. The maximum absolute atomic E-state index is 14.1. The van der Waals surface area contributed by atoms with E-state index >= 15 is 0 Å². The number of carbonyl (C=O) groups excluding carboxylic acids is 8. The Morgan fingerprint density at radius 2 is 0.738 bits per heavy atom. The number of aliphatic hydroxyl groups excluding tert-OH is 3. The average molecular weight is 2060 g/mol. The molecule has 2 bridgehead atoms. The van der Waals surface area contributed by atoms with Gasteiger partial charge in [-0.2, -0.15) is 0 Å². The first-order chi connectivity index (χ1) is 66.3. The zero-order valence-electron chi connectivity index (χ0n) is 82.8. The van der Waals surface area contributed by atoms with Gasteiger partial charge in [0.05, 0.1) is 70.0 Å². The van der Waals surface area contributed by atoms with E-state index in [9.17, 15) is 88.4 Å². The molecule has 6 aliphatic heterocycles. The minimum atomic E-state index is -3.10. The van der Waals surface area contributed by atoms with Gasteiger partial charge in [-0.15, -0.1) is 45.3 Å². The minimum absolute atomic E-state index is 0.00619. The molecule has 141 heavy (non-hydrogen) atoms. The van der Waals surface area contributed by atoms with Gasteiger partial charge >= 0.3 is 0 Å². The summed E-state index contributed by atoms with van der Waals surface area (Å²) >= 11 is 4.25. The Morgan fingerprint density at radius 1 is 0.440 bits per heavy atom. The summed E-state index contributed by atoms with van der Waals surface area (Å²) in [7, 11) is -3.10. The molecular formula is C97H130F6N20O13S5. The highest BCUT2D eigenvalue weighted by Crippen LogP contribution is 2.46. The molecule has 14 heterocycles. The van der Waals surface area contributed by atoms with Crippen molar-refractivity contribution in [3.8, 4) is 41.8 Å². The summed E-state index contributed by atoms with van der Waals surface area (Å²) in [6.45, 7) is 31.6. The van der Waals surface area contributed by atoms with Crippen LogP contribution in [0.25, 0.3) is 41.8 Å². The van der Waals surface area contributed by atoms with E-state index in [1.807, 2.05) is 77.6 Å². The van der Waals surface area contributed by atoms with E-state index in [2.05, 4.69) is 124 Å². The van der Waals surface area contributed by atoms with Gasteiger partial charge in [0.2, 0.25) is 0 Å². The van der Waals surface area contributed by atoms with Gasteiger partial charge < -0.3 is 77.5 Å². The van der Waals surface area contributed by atoms with Crippen LogP contribution in [0.15, 0.2) is 49.1 Å². The number of alkyl halides is 6. The quantitative estimate of drug-likeness (QED) is 0.0203. The molecule has 7 aliphatic rings. The third-order valence-electron chi connectivity index (χ3n) is 26.0. The monoisotopic (exact) mass is 2060 g/mol. The maximum atomic E-state index is 14.1. The zero-order valence-corrected chi connectivity index (χ0v) is 86.9. The van der Waals surface area contributed by atoms with Crippen LogP contribution in [0.3, 0.4) is 0 Å². The van der Waals surface area contributed by atoms with Crippen LogP contribution >= 0.6 is 45.3 Å². The first kappa shape index (κ1) is 109. The number of pyridine rings is 4. The van der Waals surface area contributed by atoms with Gasteiger partial charge in [0, 0.05) is 144 Å². The van der Waals surface area contributed by atoms with Crippen molar-refractivity contribution in [2.24, 2.45) is 0 Å². The Kier molecular flexibility index (Phi) is 35.4. The number of sulfone groups is 1. The van der Waals surface area contributed by atoms with Gasteiger partial charge in [0.25, 0.3) is 65.0 Å². The minimum Gasteiger partial charge on any atom is -0.394 e. The number of aromatic nitrogens is 8. The van der Waals surface area contributed by atoms with Crippen LogP contribution in [0, 0.1) is 27.7 Å². The molecule has 15 rings (SSSR count). The van der Waals surface area contributed by atoms with Crippen molar-refractivity contribution in [2.75, 3.05) is 65.6 Å². The second-order valence-electron chi connectivity index (χ2n) is 39.4. The molecule has 44 heteroatoms. The molecular weight excluding hydrogens is 1930 g/mol. The summed E-state index contributed by atoms with van der Waals surface area (Å²) in [5, 5.41) is 52.9. The fourth-order valence-electron chi connectivity index (χ4n) is 17.8. The Bertz CT molecular complexity index is 5980. The Hall–Kier alpha value is -10.5. The molecule has 11 N–H and O–H groups in total. The van der Waals surface area contributed by atoms with Crippen molar-refractivity contribution in [3.63, 3.8) is 0 Å². The lowest BCUT2D eigenvalue weighted by Crippen LogP contribution is -2.41. The third kappa shape index (κ3) is 27.3. The summed E-state index contributed by atoms with van der Waals surface area (Å²) in [5.41, 5.74) is 6.02. The number of hydrogen-bond donors (Lipinski definition) is 11. The van der Waals surface area contributed by atoms with Crippen LogP contribution < -0.4 is 42.5 Å². The standard InChI is InChI=1S/C25H33F2N5O4S2.C25H33F2N5O3S.C24H33N5O3S.C23H31F2N5O3S/c1-5-15(3)29-19-10-14(2)18(12-28-19)21-20(24(34)32-13-25(26,27)11-16(32)4)31-23(37-21)22(33)30-17-6-8-38(35,36)9-7-17;1-5-14(3)29-19-8-13(2)18(11-28-19)21-20(24(35)32-12-25(26,27)10-15(32)4)31-23(36-21)22(34)30-16-6-7-17(33)9-16;1-13-10-18(28-24(3,4)5)25-11-17(13)20-19(23(32)29-15-6-7-16(29)9-8-15)27-22(33-20)21(31)26-14(2)12-30;1-6-13(3)27-17-7-12(2)16(9-26-17)19-18(22(33)30-11-23(24,25)8-15(30)5)29-21(34-19)20(32)28-14(4)10-31/h10,12,15-17H,5-9,11,13H2,1-4H3,(H,28,29)(H,30,33);8,11,14-17,33H,5-7,9-10,12H2,1-4H3,(H,28,29)(H,30,34);10-11,14-16,30H,6-9,12H2,1-5H3,(H,25,28)(H,26,31);7,9,13-15,31H,6,8,10-11H2,1-5H3,(H,26,27)(H,28,32)/t15-,16+;14-,15+,16-,17-;14-,15?,16?;13-,14-,15+/m1111/s1. The van der Waals surface area contributed by atoms with Crippen LogP contribution in [0.5, 0.6) is 0 Å². The number of nitrogens with one attached hydrogen (secondary N) is 8. The molecule has 33 nitrogen and oxygen atoms in total. The topological polar surface area (TPSA) is 444 Å². The van der Waals surface area contributed by atoms with Crippen LogP contribution in [-0.4, -0.2) is 277 Å². The van der Waals surface area contributed by atoms with E-state index in [1.54, 1.807) is 59.4 Å². The van der Waals surface area contributed by atoms with Gasteiger partial charge in [0.15, 0.2) is 20.0 Å². The van der Waals surface area contributed by atoms with Crippen molar-refractivity contribution >= 4 is 126 Å². The second kappa shape index (κ2) is 45.6. The number of fused-ring (bicyclic) bond motifs is 2. The highest BCUT2D eigenvalue weighted by molar-refractivity contribution is 7.91. The van der Waals surface area contributed by atoms with Gasteiger partial charge in [-0.3, -0.25) is 38.4 Å². The Labute approximate surface area is 834 Å². The lowest BCUT2D eigenvalue weighted by atomic mass is 10.0. The Morgan fingerprint density at radius 3 is 1.01 bits per heavy atom. The van der Waals surface area contributed by atoms with E-state index in [-0.39, 0.29) is 121 Å².